The van der Waals surface area contributed by atoms with Crippen molar-refractivity contribution in [1.29, 1.82) is 0 Å². The molecular weight excluding hydrogens is 225 g/mol. The van der Waals surface area contributed by atoms with Crippen LogP contribution in [0.5, 0.6) is 0 Å². The minimum atomic E-state index is -0.289. The second kappa shape index (κ2) is 5.15. The fraction of sp³-hybridized carbons (Fsp3) is 0.538. The van der Waals surface area contributed by atoms with E-state index in [-0.39, 0.29) is 10.8 Å². The van der Waals surface area contributed by atoms with Gasteiger partial charge in [-0.2, -0.15) is 0 Å². The minimum absolute atomic E-state index is 0.207. The first-order valence-electron chi connectivity index (χ1n) is 5.83. The Labute approximate surface area is 101 Å². The average Bonchev–Trinajstić information content (AvgIpc) is 2.67. The molecule has 1 saturated carbocycles. The highest BCUT2D eigenvalue weighted by atomic mass is 35.5. The molecule has 0 saturated heterocycles. The summed E-state index contributed by atoms with van der Waals surface area (Å²) in [4.78, 5) is 0. The lowest BCUT2D eigenvalue weighted by Crippen LogP contribution is -2.26. The lowest BCUT2D eigenvalue weighted by atomic mass is 10.1. The summed E-state index contributed by atoms with van der Waals surface area (Å²) >= 11 is 5.73. The van der Waals surface area contributed by atoms with Gasteiger partial charge in [-0.25, -0.2) is 4.39 Å². The molecule has 2 rings (SSSR count). The summed E-state index contributed by atoms with van der Waals surface area (Å²) in [6.07, 6.45) is 3.67. The molecule has 1 nitrogen and oxygen atoms in total. The quantitative estimate of drug-likeness (QED) is 0.850. The Morgan fingerprint density at radius 3 is 2.94 bits per heavy atom. The van der Waals surface area contributed by atoms with Crippen LogP contribution in [0.1, 0.15) is 31.7 Å². The third-order valence-electron chi connectivity index (χ3n) is 3.31. The van der Waals surface area contributed by atoms with Crippen LogP contribution in [0.4, 0.5) is 4.39 Å². The number of rotatable bonds is 3. The van der Waals surface area contributed by atoms with E-state index in [0.717, 1.165) is 5.92 Å². The Kier molecular flexibility index (Phi) is 3.82. The molecule has 0 radical (unpaired) electrons. The van der Waals surface area contributed by atoms with Gasteiger partial charge in [-0.15, -0.1) is 0 Å². The van der Waals surface area contributed by atoms with Gasteiger partial charge in [-0.3, -0.25) is 0 Å². The molecular formula is C13H17ClFN. The number of hydrogen-bond acceptors (Lipinski definition) is 1. The molecule has 1 aliphatic carbocycles. The van der Waals surface area contributed by atoms with Gasteiger partial charge in [0.25, 0.3) is 0 Å². The number of hydrogen-bond donors (Lipinski definition) is 1. The van der Waals surface area contributed by atoms with Gasteiger partial charge in [0.2, 0.25) is 0 Å². The third kappa shape index (κ3) is 2.74. The Balaban J connectivity index is 1.92. The van der Waals surface area contributed by atoms with Crippen LogP contribution in [0.15, 0.2) is 18.2 Å². The van der Waals surface area contributed by atoms with Crippen molar-refractivity contribution in [3.05, 3.63) is 34.6 Å². The molecule has 0 spiro atoms. The van der Waals surface area contributed by atoms with Gasteiger partial charge in [0.1, 0.15) is 5.82 Å². The molecule has 2 unspecified atom stereocenters. The van der Waals surface area contributed by atoms with E-state index < -0.39 is 0 Å². The summed E-state index contributed by atoms with van der Waals surface area (Å²) in [6, 6.07) is 5.69. The lowest BCUT2D eigenvalue weighted by molar-refractivity contribution is 0.492. The molecule has 16 heavy (non-hydrogen) atoms. The van der Waals surface area contributed by atoms with E-state index >= 15 is 0 Å². The van der Waals surface area contributed by atoms with Crippen molar-refractivity contribution in [1.82, 2.24) is 5.32 Å². The van der Waals surface area contributed by atoms with Gasteiger partial charge < -0.3 is 5.32 Å². The monoisotopic (exact) mass is 241 g/mol. The van der Waals surface area contributed by atoms with Crippen LogP contribution in [0.3, 0.4) is 0 Å². The highest BCUT2D eigenvalue weighted by Gasteiger charge is 2.20. The van der Waals surface area contributed by atoms with E-state index in [1.54, 1.807) is 18.2 Å². The molecule has 1 aromatic carbocycles. The summed E-state index contributed by atoms with van der Waals surface area (Å²) in [7, 11) is 0. The first-order chi connectivity index (χ1) is 7.66. The highest BCUT2D eigenvalue weighted by molar-refractivity contribution is 6.30. The zero-order valence-corrected chi connectivity index (χ0v) is 10.2. The van der Waals surface area contributed by atoms with Crippen LogP contribution in [-0.2, 0) is 6.54 Å². The topological polar surface area (TPSA) is 12.0 Å². The maximum atomic E-state index is 13.6. The standard InChI is InChI=1S/C13H17ClFN/c1-9-5-6-11(7-9)16-8-10-3-2-4-12(14)13(10)15/h2-4,9,11,16H,5-8H2,1H3. The SMILES string of the molecule is CC1CCC(NCc2cccc(Cl)c2F)C1. The van der Waals surface area contributed by atoms with Crippen LogP contribution < -0.4 is 5.32 Å². The predicted octanol–water partition coefficient (Wildman–Crippen LogP) is 3.76. The van der Waals surface area contributed by atoms with Crippen molar-refractivity contribution >= 4 is 11.6 Å². The van der Waals surface area contributed by atoms with Gasteiger partial charge in [-0.1, -0.05) is 30.7 Å². The van der Waals surface area contributed by atoms with Crippen LogP contribution in [-0.4, -0.2) is 6.04 Å². The molecule has 0 heterocycles. The zero-order chi connectivity index (χ0) is 11.5. The Bertz CT molecular complexity index is 367. The second-order valence-corrected chi connectivity index (χ2v) is 5.12. The van der Waals surface area contributed by atoms with Crippen molar-refractivity contribution in [2.24, 2.45) is 5.92 Å². The molecule has 0 bridgehead atoms. The fourth-order valence-corrected chi connectivity index (χ4v) is 2.53. The molecule has 1 aromatic rings. The Morgan fingerprint density at radius 1 is 1.44 bits per heavy atom. The predicted molar refractivity (Wildman–Crippen MR) is 65.1 cm³/mol. The van der Waals surface area contributed by atoms with E-state index in [1.165, 1.54) is 19.3 Å². The molecule has 2 atom stereocenters. The first-order valence-corrected chi connectivity index (χ1v) is 6.21. The summed E-state index contributed by atoms with van der Waals surface area (Å²) in [5.74, 6) is 0.504. The second-order valence-electron chi connectivity index (χ2n) is 4.71. The molecule has 0 aliphatic heterocycles. The summed E-state index contributed by atoms with van der Waals surface area (Å²) < 4.78 is 13.6. The van der Waals surface area contributed by atoms with Crippen LogP contribution in [0, 0.1) is 11.7 Å². The number of halogens is 2. The van der Waals surface area contributed by atoms with E-state index in [0.29, 0.717) is 18.2 Å². The normalized spacial score (nSPS) is 24.9. The maximum absolute atomic E-state index is 13.6. The first kappa shape index (κ1) is 11.9. The number of nitrogens with one attached hydrogen (secondary N) is 1. The van der Waals surface area contributed by atoms with Crippen LogP contribution in [0.25, 0.3) is 0 Å². The van der Waals surface area contributed by atoms with Gasteiger partial charge in [-0.05, 0) is 31.2 Å². The molecule has 1 N–H and O–H groups in total. The van der Waals surface area contributed by atoms with E-state index in [9.17, 15) is 4.39 Å². The summed E-state index contributed by atoms with van der Waals surface area (Å²) in [6.45, 7) is 2.84. The maximum Gasteiger partial charge on any atom is 0.146 e. The van der Waals surface area contributed by atoms with Gasteiger partial charge in [0.15, 0.2) is 0 Å². The molecule has 0 aromatic heterocycles. The summed E-state index contributed by atoms with van der Waals surface area (Å²) in [5.41, 5.74) is 0.659. The van der Waals surface area contributed by atoms with Crippen molar-refractivity contribution in [3.8, 4) is 0 Å². The molecule has 1 fully saturated rings. The molecule has 0 amide bonds. The zero-order valence-electron chi connectivity index (χ0n) is 9.47. The Hall–Kier alpha value is -0.600. The molecule has 88 valence electrons. The van der Waals surface area contributed by atoms with Crippen LogP contribution in [0.2, 0.25) is 5.02 Å². The van der Waals surface area contributed by atoms with Gasteiger partial charge in [0, 0.05) is 18.2 Å². The highest BCUT2D eigenvalue weighted by Crippen LogP contribution is 2.25. The lowest BCUT2D eigenvalue weighted by Gasteiger charge is -2.13. The molecule has 1 aliphatic rings. The van der Waals surface area contributed by atoms with Crippen molar-refractivity contribution in [3.63, 3.8) is 0 Å². The van der Waals surface area contributed by atoms with Gasteiger partial charge >= 0.3 is 0 Å². The van der Waals surface area contributed by atoms with E-state index in [2.05, 4.69) is 12.2 Å². The Morgan fingerprint density at radius 2 is 2.25 bits per heavy atom. The minimum Gasteiger partial charge on any atom is -0.310 e. The van der Waals surface area contributed by atoms with Crippen molar-refractivity contribution in [2.75, 3.05) is 0 Å². The largest absolute Gasteiger partial charge is 0.310 e. The summed E-state index contributed by atoms with van der Waals surface area (Å²) in [5, 5.41) is 3.61. The molecule has 3 heteroatoms. The average molecular weight is 242 g/mol. The van der Waals surface area contributed by atoms with Crippen LogP contribution >= 0.6 is 11.6 Å². The third-order valence-corrected chi connectivity index (χ3v) is 3.60. The smallest absolute Gasteiger partial charge is 0.146 e. The fourth-order valence-electron chi connectivity index (χ4n) is 2.33. The van der Waals surface area contributed by atoms with E-state index in [4.69, 9.17) is 11.6 Å². The number of benzene rings is 1. The van der Waals surface area contributed by atoms with Crippen molar-refractivity contribution in [2.45, 2.75) is 38.8 Å². The van der Waals surface area contributed by atoms with Crippen molar-refractivity contribution < 1.29 is 4.39 Å². The van der Waals surface area contributed by atoms with Gasteiger partial charge in [0.05, 0.1) is 5.02 Å². The van der Waals surface area contributed by atoms with E-state index in [1.807, 2.05) is 0 Å².